The van der Waals surface area contributed by atoms with Gasteiger partial charge in [-0.05, 0) is 37.8 Å². The first-order chi connectivity index (χ1) is 12.1. The molecular weight excluding hydrogens is 320 g/mol. The maximum Gasteiger partial charge on any atom is 0.225 e. The van der Waals surface area contributed by atoms with Crippen molar-refractivity contribution < 1.29 is 19.0 Å². The molecule has 0 bridgehead atoms. The molecule has 1 aromatic carbocycles. The number of nitrogens with two attached hydrogens (primary N) is 1. The molecule has 0 heterocycles. The second-order valence-corrected chi connectivity index (χ2v) is 6.56. The molecule has 0 saturated heterocycles. The van der Waals surface area contributed by atoms with Gasteiger partial charge in [0.05, 0.1) is 19.8 Å². The Morgan fingerprint density at radius 1 is 1.24 bits per heavy atom. The number of amides is 1. The molecule has 3 atom stereocenters. The summed E-state index contributed by atoms with van der Waals surface area (Å²) >= 11 is 0. The average molecular weight is 350 g/mol. The zero-order chi connectivity index (χ0) is 18.2. The van der Waals surface area contributed by atoms with E-state index in [0.717, 1.165) is 30.8 Å². The van der Waals surface area contributed by atoms with Gasteiger partial charge in [0.1, 0.15) is 0 Å². The SMILES string of the molecule is COc1ccccc1OCCCN(C)C(=O)[C@H]1CC[C@@H](OC)[C@H](N)C1. The van der Waals surface area contributed by atoms with Crippen molar-refractivity contribution in [1.29, 1.82) is 0 Å². The minimum atomic E-state index is -0.0602. The number of rotatable bonds is 8. The Bertz CT molecular complexity index is 552. The third kappa shape index (κ3) is 5.34. The molecule has 0 aliphatic heterocycles. The van der Waals surface area contributed by atoms with E-state index in [4.69, 9.17) is 19.9 Å². The topological polar surface area (TPSA) is 74.0 Å². The van der Waals surface area contributed by atoms with Crippen molar-refractivity contribution in [1.82, 2.24) is 4.90 Å². The quantitative estimate of drug-likeness (QED) is 0.727. The molecule has 2 rings (SSSR count). The lowest BCUT2D eigenvalue weighted by molar-refractivity contribution is -0.136. The van der Waals surface area contributed by atoms with Crippen LogP contribution in [-0.4, -0.2) is 57.4 Å². The first-order valence-corrected chi connectivity index (χ1v) is 8.86. The highest BCUT2D eigenvalue weighted by molar-refractivity contribution is 5.78. The minimum Gasteiger partial charge on any atom is -0.493 e. The fourth-order valence-electron chi connectivity index (χ4n) is 3.34. The van der Waals surface area contributed by atoms with Crippen LogP contribution in [0.4, 0.5) is 0 Å². The summed E-state index contributed by atoms with van der Waals surface area (Å²) in [6, 6.07) is 7.50. The predicted molar refractivity (Wildman–Crippen MR) is 96.9 cm³/mol. The number of benzene rings is 1. The zero-order valence-electron chi connectivity index (χ0n) is 15.4. The van der Waals surface area contributed by atoms with Crippen molar-refractivity contribution in [2.75, 3.05) is 34.4 Å². The number of ether oxygens (including phenoxy) is 3. The molecule has 0 unspecified atom stereocenters. The molecule has 6 heteroatoms. The molecule has 2 N–H and O–H groups in total. The van der Waals surface area contributed by atoms with Crippen LogP contribution in [0.1, 0.15) is 25.7 Å². The molecule has 140 valence electrons. The van der Waals surface area contributed by atoms with E-state index in [9.17, 15) is 4.79 Å². The van der Waals surface area contributed by atoms with Crippen molar-refractivity contribution in [3.63, 3.8) is 0 Å². The van der Waals surface area contributed by atoms with Crippen molar-refractivity contribution in [3.8, 4) is 11.5 Å². The number of hydrogen-bond donors (Lipinski definition) is 1. The summed E-state index contributed by atoms with van der Waals surface area (Å²) < 4.78 is 16.4. The van der Waals surface area contributed by atoms with E-state index in [2.05, 4.69) is 0 Å². The van der Waals surface area contributed by atoms with Gasteiger partial charge in [-0.3, -0.25) is 4.79 Å². The Balaban J connectivity index is 1.73. The van der Waals surface area contributed by atoms with Crippen LogP contribution in [-0.2, 0) is 9.53 Å². The highest BCUT2D eigenvalue weighted by atomic mass is 16.5. The lowest BCUT2D eigenvalue weighted by Crippen LogP contribution is -2.46. The van der Waals surface area contributed by atoms with Crippen LogP contribution < -0.4 is 15.2 Å². The Morgan fingerprint density at radius 2 is 1.96 bits per heavy atom. The van der Waals surface area contributed by atoms with Gasteiger partial charge in [0.25, 0.3) is 0 Å². The molecule has 0 aromatic heterocycles. The van der Waals surface area contributed by atoms with Gasteiger partial charge in [0.2, 0.25) is 5.91 Å². The first-order valence-electron chi connectivity index (χ1n) is 8.86. The van der Waals surface area contributed by atoms with E-state index in [1.807, 2.05) is 31.3 Å². The van der Waals surface area contributed by atoms with Gasteiger partial charge in [0, 0.05) is 32.7 Å². The molecule has 1 amide bonds. The number of carbonyl (C=O) groups is 1. The second-order valence-electron chi connectivity index (χ2n) is 6.56. The van der Waals surface area contributed by atoms with Gasteiger partial charge < -0.3 is 24.8 Å². The summed E-state index contributed by atoms with van der Waals surface area (Å²) in [6.07, 6.45) is 3.22. The van der Waals surface area contributed by atoms with Crippen LogP contribution in [0.5, 0.6) is 11.5 Å². The summed E-state index contributed by atoms with van der Waals surface area (Å²) in [5, 5.41) is 0. The predicted octanol–water partition coefficient (Wildman–Crippen LogP) is 2.06. The fourth-order valence-corrected chi connectivity index (χ4v) is 3.34. The van der Waals surface area contributed by atoms with E-state index in [1.165, 1.54) is 0 Å². The number of methoxy groups -OCH3 is 2. The molecular formula is C19H30N2O4. The van der Waals surface area contributed by atoms with Gasteiger partial charge in [-0.15, -0.1) is 0 Å². The second kappa shape index (κ2) is 9.63. The standard InChI is InChI=1S/C19H30N2O4/c1-21(19(22)14-9-10-16(23-2)15(20)13-14)11-6-12-25-18-8-5-4-7-17(18)24-3/h4-5,7-8,14-16H,6,9-13,20H2,1-3H3/t14-,15+,16+/m0/s1. The van der Waals surface area contributed by atoms with E-state index >= 15 is 0 Å². The molecule has 25 heavy (non-hydrogen) atoms. The maximum absolute atomic E-state index is 12.6. The van der Waals surface area contributed by atoms with Gasteiger partial charge in [-0.1, -0.05) is 12.1 Å². The Labute approximate surface area is 150 Å². The van der Waals surface area contributed by atoms with Crippen LogP contribution in [0.2, 0.25) is 0 Å². The zero-order valence-corrected chi connectivity index (χ0v) is 15.4. The molecule has 0 spiro atoms. The fraction of sp³-hybridized carbons (Fsp3) is 0.632. The lowest BCUT2D eigenvalue weighted by Gasteiger charge is -2.34. The van der Waals surface area contributed by atoms with Crippen molar-refractivity contribution in [3.05, 3.63) is 24.3 Å². The van der Waals surface area contributed by atoms with Crippen LogP contribution in [0, 0.1) is 5.92 Å². The molecule has 1 aliphatic rings. The summed E-state index contributed by atoms with van der Waals surface area (Å²) in [5.41, 5.74) is 6.10. The third-order valence-electron chi connectivity index (χ3n) is 4.83. The van der Waals surface area contributed by atoms with E-state index in [0.29, 0.717) is 19.6 Å². The summed E-state index contributed by atoms with van der Waals surface area (Å²) in [5.74, 6) is 1.61. The van der Waals surface area contributed by atoms with E-state index in [1.54, 1.807) is 19.1 Å². The molecule has 1 aromatic rings. The molecule has 1 aliphatic carbocycles. The Hall–Kier alpha value is -1.79. The van der Waals surface area contributed by atoms with Crippen LogP contribution in [0.3, 0.4) is 0 Å². The van der Waals surface area contributed by atoms with Crippen molar-refractivity contribution in [2.24, 2.45) is 11.7 Å². The third-order valence-corrected chi connectivity index (χ3v) is 4.83. The van der Waals surface area contributed by atoms with Gasteiger partial charge in [-0.25, -0.2) is 0 Å². The van der Waals surface area contributed by atoms with Crippen LogP contribution in [0.15, 0.2) is 24.3 Å². The monoisotopic (exact) mass is 350 g/mol. The van der Waals surface area contributed by atoms with E-state index in [-0.39, 0.29) is 24.0 Å². The number of para-hydroxylation sites is 2. The highest BCUT2D eigenvalue weighted by Gasteiger charge is 2.33. The van der Waals surface area contributed by atoms with E-state index < -0.39 is 0 Å². The molecule has 0 radical (unpaired) electrons. The van der Waals surface area contributed by atoms with Gasteiger partial charge in [-0.2, -0.15) is 0 Å². The molecule has 1 fully saturated rings. The Kier molecular flexibility index (Phi) is 7.52. The smallest absolute Gasteiger partial charge is 0.225 e. The van der Waals surface area contributed by atoms with Crippen LogP contribution >= 0.6 is 0 Å². The number of hydrogen-bond acceptors (Lipinski definition) is 5. The maximum atomic E-state index is 12.6. The summed E-state index contributed by atoms with van der Waals surface area (Å²) in [7, 11) is 5.15. The van der Waals surface area contributed by atoms with Crippen LogP contribution in [0.25, 0.3) is 0 Å². The van der Waals surface area contributed by atoms with Gasteiger partial charge >= 0.3 is 0 Å². The van der Waals surface area contributed by atoms with Crippen molar-refractivity contribution in [2.45, 2.75) is 37.8 Å². The number of nitrogens with zero attached hydrogens (tertiary/aromatic N) is 1. The summed E-state index contributed by atoms with van der Waals surface area (Å²) in [4.78, 5) is 14.4. The summed E-state index contributed by atoms with van der Waals surface area (Å²) in [6.45, 7) is 1.20. The van der Waals surface area contributed by atoms with Crippen molar-refractivity contribution >= 4 is 5.91 Å². The minimum absolute atomic E-state index is 0.00142. The molecule has 6 nitrogen and oxygen atoms in total. The average Bonchev–Trinajstić information content (AvgIpc) is 2.64. The normalized spacial score (nSPS) is 23.1. The Morgan fingerprint density at radius 3 is 2.60 bits per heavy atom. The number of carbonyl (C=O) groups excluding carboxylic acids is 1. The first kappa shape index (κ1) is 19.5. The van der Waals surface area contributed by atoms with Gasteiger partial charge in [0.15, 0.2) is 11.5 Å². The largest absolute Gasteiger partial charge is 0.493 e. The lowest BCUT2D eigenvalue weighted by atomic mass is 9.83. The molecule has 1 saturated carbocycles. The highest BCUT2D eigenvalue weighted by Crippen LogP contribution is 2.27.